The van der Waals surface area contributed by atoms with Crippen LogP contribution in [-0.2, 0) is 9.59 Å². The van der Waals surface area contributed by atoms with Crippen LogP contribution in [-0.4, -0.2) is 22.0 Å². The van der Waals surface area contributed by atoms with Gasteiger partial charge in [0.15, 0.2) is 0 Å². The molecular formula is C14H16N2O3. The molecule has 1 atom stereocenters. The molecule has 0 aromatic carbocycles. The van der Waals surface area contributed by atoms with Crippen LogP contribution in [0.1, 0.15) is 25.3 Å². The van der Waals surface area contributed by atoms with Crippen molar-refractivity contribution in [2.45, 2.75) is 19.8 Å². The third-order valence-electron chi connectivity index (χ3n) is 3.20. The maximum Gasteiger partial charge on any atom is 0.328 e. The zero-order valence-corrected chi connectivity index (χ0v) is 10.7. The molecule has 1 aromatic heterocycles. The molecule has 1 fully saturated rings. The number of hydrogen-bond acceptors (Lipinski definition) is 3. The van der Waals surface area contributed by atoms with E-state index in [1.54, 1.807) is 18.3 Å². The first-order chi connectivity index (χ1) is 9.06. The van der Waals surface area contributed by atoms with Crippen LogP contribution >= 0.6 is 0 Å². The Hall–Kier alpha value is -2.17. The van der Waals surface area contributed by atoms with E-state index in [0.29, 0.717) is 17.3 Å². The average Bonchev–Trinajstić information content (AvgIpc) is 3.20. The summed E-state index contributed by atoms with van der Waals surface area (Å²) >= 11 is 0. The Morgan fingerprint density at radius 3 is 2.89 bits per heavy atom. The number of carboxylic acids is 1. The van der Waals surface area contributed by atoms with Gasteiger partial charge in [0.05, 0.1) is 0 Å². The minimum absolute atomic E-state index is 0.0000165. The summed E-state index contributed by atoms with van der Waals surface area (Å²) in [5, 5.41) is 11.3. The van der Waals surface area contributed by atoms with Crippen molar-refractivity contribution in [3.63, 3.8) is 0 Å². The third-order valence-corrected chi connectivity index (χ3v) is 3.20. The minimum atomic E-state index is -1.01. The molecule has 2 N–H and O–H groups in total. The van der Waals surface area contributed by atoms with E-state index in [1.165, 1.54) is 6.08 Å². The summed E-state index contributed by atoms with van der Waals surface area (Å²) in [5.74, 6) is -0.0979. The van der Waals surface area contributed by atoms with Crippen molar-refractivity contribution in [2.24, 2.45) is 11.8 Å². The molecule has 1 aliphatic rings. The van der Waals surface area contributed by atoms with E-state index in [0.717, 1.165) is 18.9 Å². The summed E-state index contributed by atoms with van der Waals surface area (Å²) in [7, 11) is 0. The number of anilines is 1. The molecule has 5 heteroatoms. The van der Waals surface area contributed by atoms with Gasteiger partial charge in [-0.25, -0.2) is 9.78 Å². The van der Waals surface area contributed by atoms with Crippen LogP contribution < -0.4 is 5.32 Å². The monoisotopic (exact) mass is 260 g/mol. The second kappa shape index (κ2) is 5.65. The van der Waals surface area contributed by atoms with Crippen LogP contribution in [0.5, 0.6) is 0 Å². The highest BCUT2D eigenvalue weighted by Gasteiger charge is 2.32. The smallest absolute Gasteiger partial charge is 0.328 e. The highest BCUT2D eigenvalue weighted by atomic mass is 16.4. The summed E-state index contributed by atoms with van der Waals surface area (Å²) in [5.41, 5.74) is 0.687. The Morgan fingerprint density at radius 2 is 2.26 bits per heavy atom. The summed E-state index contributed by atoms with van der Waals surface area (Å²) in [6, 6.07) is 3.33. The molecule has 2 rings (SSSR count). The van der Waals surface area contributed by atoms with Crippen LogP contribution in [0.3, 0.4) is 0 Å². The van der Waals surface area contributed by atoms with Crippen molar-refractivity contribution >= 4 is 23.8 Å². The summed E-state index contributed by atoms with van der Waals surface area (Å²) < 4.78 is 0. The highest BCUT2D eigenvalue weighted by Crippen LogP contribution is 2.36. The van der Waals surface area contributed by atoms with Gasteiger partial charge in [-0.1, -0.05) is 6.92 Å². The van der Waals surface area contributed by atoms with Crippen LogP contribution in [0.25, 0.3) is 6.08 Å². The number of nitrogens with one attached hydrogen (secondary N) is 1. The number of rotatable bonds is 5. The van der Waals surface area contributed by atoms with Gasteiger partial charge in [0.1, 0.15) is 5.82 Å². The molecule has 19 heavy (non-hydrogen) atoms. The number of amides is 1. The number of nitrogens with zero attached hydrogens (tertiary/aromatic N) is 1. The molecule has 1 saturated carbocycles. The van der Waals surface area contributed by atoms with Gasteiger partial charge >= 0.3 is 5.97 Å². The molecule has 0 spiro atoms. The molecule has 1 heterocycles. The van der Waals surface area contributed by atoms with Crippen molar-refractivity contribution in [2.75, 3.05) is 5.32 Å². The molecule has 1 aromatic rings. The van der Waals surface area contributed by atoms with E-state index in [-0.39, 0.29) is 11.8 Å². The van der Waals surface area contributed by atoms with E-state index < -0.39 is 5.97 Å². The number of carbonyl (C=O) groups excluding carboxylic acids is 1. The molecule has 0 radical (unpaired) electrons. The van der Waals surface area contributed by atoms with Crippen molar-refractivity contribution in [1.82, 2.24) is 4.98 Å². The Morgan fingerprint density at radius 1 is 1.53 bits per heavy atom. The predicted octanol–water partition coefficient (Wildman–Crippen LogP) is 2.16. The lowest BCUT2D eigenvalue weighted by Gasteiger charge is -2.10. The maximum atomic E-state index is 11.9. The predicted molar refractivity (Wildman–Crippen MR) is 71.4 cm³/mol. The Balaban J connectivity index is 2.02. The van der Waals surface area contributed by atoms with Crippen LogP contribution in [0.4, 0.5) is 5.82 Å². The summed E-state index contributed by atoms with van der Waals surface area (Å²) in [4.78, 5) is 26.4. The van der Waals surface area contributed by atoms with Crippen LogP contribution in [0, 0.1) is 11.8 Å². The fraction of sp³-hybridized carbons (Fsp3) is 0.357. The lowest BCUT2D eigenvalue weighted by Crippen LogP contribution is -2.22. The first-order valence-electron chi connectivity index (χ1n) is 6.24. The SMILES string of the molecule is CC(C(=O)Nc1cc(/C=C/C(=O)O)ccn1)C1CC1. The number of aliphatic carboxylic acids is 1. The second-order valence-electron chi connectivity index (χ2n) is 4.76. The fourth-order valence-electron chi connectivity index (χ4n) is 1.84. The standard InChI is InChI=1S/C14H16N2O3/c1-9(11-3-4-11)14(19)16-12-8-10(6-7-15-12)2-5-13(17)18/h2,5-9,11H,3-4H2,1H3,(H,17,18)(H,15,16,19)/b5-2+. The van der Waals surface area contributed by atoms with Gasteiger partial charge < -0.3 is 10.4 Å². The molecule has 0 aliphatic heterocycles. The van der Waals surface area contributed by atoms with Crippen molar-refractivity contribution < 1.29 is 14.7 Å². The number of carboxylic acid groups (broad SMARTS) is 1. The fourth-order valence-corrected chi connectivity index (χ4v) is 1.84. The Bertz CT molecular complexity index is 521. The van der Waals surface area contributed by atoms with Gasteiger partial charge in [-0.3, -0.25) is 4.79 Å². The molecule has 1 amide bonds. The molecule has 100 valence electrons. The minimum Gasteiger partial charge on any atom is -0.478 e. The zero-order chi connectivity index (χ0) is 13.8. The van der Waals surface area contributed by atoms with E-state index in [2.05, 4.69) is 10.3 Å². The summed E-state index contributed by atoms with van der Waals surface area (Å²) in [6.07, 6.45) is 6.28. The van der Waals surface area contributed by atoms with Gasteiger partial charge in [0.25, 0.3) is 0 Å². The van der Waals surface area contributed by atoms with Crippen LogP contribution in [0.2, 0.25) is 0 Å². The third kappa shape index (κ3) is 3.91. The quantitative estimate of drug-likeness (QED) is 0.795. The van der Waals surface area contributed by atoms with E-state index in [9.17, 15) is 9.59 Å². The lowest BCUT2D eigenvalue weighted by molar-refractivity contribution is -0.131. The number of aromatic nitrogens is 1. The number of hydrogen-bond donors (Lipinski definition) is 2. The molecular weight excluding hydrogens is 244 g/mol. The molecule has 1 aliphatic carbocycles. The van der Waals surface area contributed by atoms with Crippen molar-refractivity contribution in [1.29, 1.82) is 0 Å². The summed E-state index contributed by atoms with van der Waals surface area (Å²) in [6.45, 7) is 1.92. The molecule has 1 unspecified atom stereocenters. The van der Waals surface area contributed by atoms with E-state index >= 15 is 0 Å². The molecule has 5 nitrogen and oxygen atoms in total. The normalized spacial score (nSPS) is 16.3. The number of pyridine rings is 1. The average molecular weight is 260 g/mol. The Kier molecular flexibility index (Phi) is 3.94. The van der Waals surface area contributed by atoms with Crippen LogP contribution in [0.15, 0.2) is 24.4 Å². The van der Waals surface area contributed by atoms with Gasteiger partial charge in [-0.15, -0.1) is 0 Å². The molecule has 0 saturated heterocycles. The largest absolute Gasteiger partial charge is 0.478 e. The maximum absolute atomic E-state index is 11.9. The van der Waals surface area contributed by atoms with Gasteiger partial charge in [-0.05, 0) is 42.5 Å². The first kappa shape index (κ1) is 13.3. The lowest BCUT2D eigenvalue weighted by atomic mass is 10.1. The van der Waals surface area contributed by atoms with E-state index in [1.807, 2.05) is 6.92 Å². The van der Waals surface area contributed by atoms with Crippen molar-refractivity contribution in [3.05, 3.63) is 30.0 Å². The van der Waals surface area contributed by atoms with Gasteiger partial charge in [-0.2, -0.15) is 0 Å². The topological polar surface area (TPSA) is 79.3 Å². The molecule has 0 bridgehead atoms. The Labute approximate surface area is 111 Å². The second-order valence-corrected chi connectivity index (χ2v) is 4.76. The van der Waals surface area contributed by atoms with E-state index in [4.69, 9.17) is 5.11 Å². The zero-order valence-electron chi connectivity index (χ0n) is 10.7. The van der Waals surface area contributed by atoms with Crippen molar-refractivity contribution in [3.8, 4) is 0 Å². The van der Waals surface area contributed by atoms with Gasteiger partial charge in [0, 0.05) is 18.2 Å². The van der Waals surface area contributed by atoms with Gasteiger partial charge in [0.2, 0.25) is 5.91 Å². The number of carbonyl (C=O) groups is 2. The first-order valence-corrected chi connectivity index (χ1v) is 6.24. The highest BCUT2D eigenvalue weighted by molar-refractivity contribution is 5.92.